The summed E-state index contributed by atoms with van der Waals surface area (Å²) in [7, 11) is 1.75. The Morgan fingerprint density at radius 1 is 1.30 bits per heavy atom. The summed E-state index contributed by atoms with van der Waals surface area (Å²) in [6, 6.07) is 8.21. The Morgan fingerprint density at radius 2 is 2.05 bits per heavy atom. The van der Waals surface area contributed by atoms with E-state index in [2.05, 4.69) is 5.32 Å². The summed E-state index contributed by atoms with van der Waals surface area (Å²) in [6.45, 7) is 2.88. The number of aliphatic hydroxyl groups excluding tert-OH is 1. The average Bonchev–Trinajstić information content (AvgIpc) is 2.92. The second-order valence-corrected chi connectivity index (χ2v) is 5.50. The van der Waals surface area contributed by atoms with Crippen LogP contribution in [0.3, 0.4) is 0 Å². The summed E-state index contributed by atoms with van der Waals surface area (Å²) in [5.41, 5.74) is 1.20. The Hall–Kier alpha value is -1.10. The number of methoxy groups -OCH3 is 1. The standard InChI is InChI=1S/C16H25NO3/c1-12-6-8-14(9-7-12)20-11-13(18)10-17-15-4-3-5-16(15)19-2/h6-9,13,15-18H,3-5,10-11H2,1-2H3. The van der Waals surface area contributed by atoms with Gasteiger partial charge in [0.1, 0.15) is 18.5 Å². The van der Waals surface area contributed by atoms with Crippen molar-refractivity contribution in [3.63, 3.8) is 0 Å². The number of ether oxygens (including phenoxy) is 2. The van der Waals surface area contributed by atoms with Crippen molar-refractivity contribution < 1.29 is 14.6 Å². The smallest absolute Gasteiger partial charge is 0.119 e. The van der Waals surface area contributed by atoms with Crippen LogP contribution in [0.2, 0.25) is 0 Å². The number of nitrogens with one attached hydrogen (secondary N) is 1. The molecule has 0 bridgehead atoms. The van der Waals surface area contributed by atoms with Crippen molar-refractivity contribution in [3.8, 4) is 5.75 Å². The van der Waals surface area contributed by atoms with Gasteiger partial charge in [-0.3, -0.25) is 0 Å². The van der Waals surface area contributed by atoms with Gasteiger partial charge in [0.05, 0.1) is 6.10 Å². The van der Waals surface area contributed by atoms with Crippen LogP contribution >= 0.6 is 0 Å². The minimum absolute atomic E-state index is 0.278. The Balaban J connectivity index is 1.67. The predicted molar refractivity (Wildman–Crippen MR) is 79.1 cm³/mol. The molecule has 0 aromatic heterocycles. The molecule has 112 valence electrons. The van der Waals surface area contributed by atoms with Gasteiger partial charge < -0.3 is 19.9 Å². The molecule has 1 fully saturated rings. The molecule has 1 saturated carbocycles. The van der Waals surface area contributed by atoms with Crippen molar-refractivity contribution in [3.05, 3.63) is 29.8 Å². The predicted octanol–water partition coefficient (Wildman–Crippen LogP) is 1.89. The largest absolute Gasteiger partial charge is 0.491 e. The molecule has 0 heterocycles. The van der Waals surface area contributed by atoms with Crippen LogP contribution in [-0.4, -0.2) is 43.6 Å². The van der Waals surface area contributed by atoms with Crippen molar-refractivity contribution in [1.29, 1.82) is 0 Å². The molecule has 0 amide bonds. The van der Waals surface area contributed by atoms with Crippen LogP contribution in [0.5, 0.6) is 5.75 Å². The van der Waals surface area contributed by atoms with Crippen LogP contribution in [0.15, 0.2) is 24.3 Å². The topological polar surface area (TPSA) is 50.7 Å². The summed E-state index contributed by atoms with van der Waals surface area (Å²) in [4.78, 5) is 0. The second-order valence-electron chi connectivity index (χ2n) is 5.50. The summed E-state index contributed by atoms with van der Waals surface area (Å²) in [5.74, 6) is 0.797. The van der Waals surface area contributed by atoms with Gasteiger partial charge in [0, 0.05) is 19.7 Å². The highest BCUT2D eigenvalue weighted by Crippen LogP contribution is 2.21. The van der Waals surface area contributed by atoms with E-state index >= 15 is 0 Å². The zero-order valence-corrected chi connectivity index (χ0v) is 12.3. The number of benzene rings is 1. The second kappa shape index (κ2) is 7.62. The lowest BCUT2D eigenvalue weighted by Gasteiger charge is -2.21. The van der Waals surface area contributed by atoms with E-state index in [-0.39, 0.29) is 6.10 Å². The van der Waals surface area contributed by atoms with E-state index in [9.17, 15) is 5.11 Å². The Bertz CT molecular complexity index is 393. The molecule has 1 aromatic carbocycles. The molecule has 1 aliphatic carbocycles. The molecule has 3 unspecified atom stereocenters. The minimum Gasteiger partial charge on any atom is -0.491 e. The third-order valence-electron chi connectivity index (χ3n) is 3.83. The van der Waals surface area contributed by atoms with Gasteiger partial charge in [-0.15, -0.1) is 0 Å². The summed E-state index contributed by atoms with van der Waals surface area (Å²) >= 11 is 0. The highest BCUT2D eigenvalue weighted by atomic mass is 16.5. The lowest BCUT2D eigenvalue weighted by atomic mass is 10.2. The first kappa shape index (κ1) is 15.3. The van der Waals surface area contributed by atoms with Crippen LogP contribution in [0.1, 0.15) is 24.8 Å². The third-order valence-corrected chi connectivity index (χ3v) is 3.83. The number of hydrogen-bond donors (Lipinski definition) is 2. The maximum atomic E-state index is 9.96. The minimum atomic E-state index is -0.505. The van der Waals surface area contributed by atoms with Crippen molar-refractivity contribution in [2.75, 3.05) is 20.3 Å². The summed E-state index contributed by atoms with van der Waals surface area (Å²) in [6.07, 6.45) is 3.18. The molecular formula is C16H25NO3. The highest BCUT2D eigenvalue weighted by Gasteiger charge is 2.26. The van der Waals surface area contributed by atoms with E-state index in [1.54, 1.807) is 7.11 Å². The first-order chi connectivity index (χ1) is 9.69. The molecule has 0 radical (unpaired) electrons. The molecule has 2 rings (SSSR count). The van der Waals surface area contributed by atoms with E-state index in [0.717, 1.165) is 18.6 Å². The maximum Gasteiger partial charge on any atom is 0.119 e. The quantitative estimate of drug-likeness (QED) is 0.800. The highest BCUT2D eigenvalue weighted by molar-refractivity contribution is 5.26. The van der Waals surface area contributed by atoms with Crippen LogP contribution < -0.4 is 10.1 Å². The molecule has 4 nitrogen and oxygen atoms in total. The van der Waals surface area contributed by atoms with E-state index in [1.165, 1.54) is 12.0 Å². The summed E-state index contributed by atoms with van der Waals surface area (Å²) in [5, 5.41) is 13.3. The van der Waals surface area contributed by atoms with E-state index < -0.39 is 6.10 Å². The van der Waals surface area contributed by atoms with E-state index in [1.807, 2.05) is 31.2 Å². The van der Waals surface area contributed by atoms with Gasteiger partial charge in [0.25, 0.3) is 0 Å². The zero-order chi connectivity index (χ0) is 14.4. The van der Waals surface area contributed by atoms with Gasteiger partial charge in [-0.25, -0.2) is 0 Å². The van der Waals surface area contributed by atoms with Gasteiger partial charge in [-0.1, -0.05) is 17.7 Å². The van der Waals surface area contributed by atoms with E-state index in [0.29, 0.717) is 19.2 Å². The first-order valence-corrected chi connectivity index (χ1v) is 7.32. The molecule has 0 saturated heterocycles. The van der Waals surface area contributed by atoms with Gasteiger partial charge in [-0.2, -0.15) is 0 Å². The fourth-order valence-corrected chi connectivity index (χ4v) is 2.61. The van der Waals surface area contributed by atoms with Crippen molar-refractivity contribution in [2.45, 2.75) is 44.4 Å². The monoisotopic (exact) mass is 279 g/mol. The molecule has 3 atom stereocenters. The van der Waals surface area contributed by atoms with Crippen molar-refractivity contribution in [1.82, 2.24) is 5.32 Å². The Labute approximate surface area is 121 Å². The molecule has 20 heavy (non-hydrogen) atoms. The molecule has 0 spiro atoms. The normalized spacial score (nSPS) is 23.8. The number of hydrogen-bond acceptors (Lipinski definition) is 4. The van der Waals surface area contributed by atoms with Gasteiger partial charge in [-0.05, 0) is 38.3 Å². The zero-order valence-electron chi connectivity index (χ0n) is 12.3. The maximum absolute atomic E-state index is 9.96. The fraction of sp³-hybridized carbons (Fsp3) is 0.625. The average molecular weight is 279 g/mol. The van der Waals surface area contributed by atoms with Gasteiger partial charge in [0.15, 0.2) is 0 Å². The number of aliphatic hydroxyl groups is 1. The Kier molecular flexibility index (Phi) is 5.83. The van der Waals surface area contributed by atoms with E-state index in [4.69, 9.17) is 9.47 Å². The molecular weight excluding hydrogens is 254 g/mol. The molecule has 1 aliphatic rings. The van der Waals surface area contributed by atoms with Crippen LogP contribution in [0.25, 0.3) is 0 Å². The van der Waals surface area contributed by atoms with Crippen molar-refractivity contribution in [2.24, 2.45) is 0 Å². The SMILES string of the molecule is COC1CCCC1NCC(O)COc1ccc(C)cc1. The molecule has 0 aliphatic heterocycles. The molecule has 4 heteroatoms. The Morgan fingerprint density at radius 3 is 2.75 bits per heavy atom. The van der Waals surface area contributed by atoms with Gasteiger partial charge >= 0.3 is 0 Å². The fourth-order valence-electron chi connectivity index (χ4n) is 2.61. The number of rotatable bonds is 7. The van der Waals surface area contributed by atoms with Crippen molar-refractivity contribution >= 4 is 0 Å². The lowest BCUT2D eigenvalue weighted by Crippen LogP contribution is -2.42. The van der Waals surface area contributed by atoms with Crippen LogP contribution in [-0.2, 0) is 4.74 Å². The molecule has 2 N–H and O–H groups in total. The molecule has 1 aromatic rings. The summed E-state index contributed by atoms with van der Waals surface area (Å²) < 4.78 is 11.0. The number of aryl methyl sites for hydroxylation is 1. The third kappa shape index (κ3) is 4.47. The van der Waals surface area contributed by atoms with Crippen LogP contribution in [0, 0.1) is 6.92 Å². The lowest BCUT2D eigenvalue weighted by molar-refractivity contribution is 0.0687. The first-order valence-electron chi connectivity index (χ1n) is 7.32. The van der Waals surface area contributed by atoms with Crippen LogP contribution in [0.4, 0.5) is 0 Å². The van der Waals surface area contributed by atoms with Gasteiger partial charge in [0.2, 0.25) is 0 Å².